The normalized spacial score (nSPS) is 12.1. The van der Waals surface area contributed by atoms with Crippen molar-refractivity contribution >= 4 is 0 Å². The first-order chi connectivity index (χ1) is 7.69. The summed E-state index contributed by atoms with van der Waals surface area (Å²) in [4.78, 5) is 4.04. The van der Waals surface area contributed by atoms with Crippen molar-refractivity contribution < 1.29 is 15.3 Å². The minimum Gasteiger partial charge on any atom is -0.394 e. The maximum Gasteiger partial charge on any atom is 0.120 e. The van der Waals surface area contributed by atoms with Gasteiger partial charge in [-0.05, 0) is 11.1 Å². The molecule has 0 heterocycles. The maximum absolute atomic E-state index is 8.77. The van der Waals surface area contributed by atoms with Gasteiger partial charge in [-0.25, -0.2) is 4.89 Å². The first kappa shape index (κ1) is 17.2. The summed E-state index contributed by atoms with van der Waals surface area (Å²) >= 11 is 0. The molecule has 0 aliphatic heterocycles. The van der Waals surface area contributed by atoms with Crippen LogP contribution in [0.5, 0.6) is 0 Å². The molecule has 0 aromatic heterocycles. The molecule has 0 bridgehead atoms. The van der Waals surface area contributed by atoms with Crippen LogP contribution in [0.3, 0.4) is 0 Å². The summed E-state index contributed by atoms with van der Waals surface area (Å²) in [5.41, 5.74) is 1.54. The minimum absolute atomic E-state index is 0.256. The van der Waals surface area contributed by atoms with Gasteiger partial charge in [0.1, 0.15) is 6.10 Å². The molecule has 0 fully saturated rings. The molecule has 92 valence electrons. The molecule has 2 N–H and O–H groups in total. The summed E-state index contributed by atoms with van der Waals surface area (Å²) in [5.74, 6) is 0. The predicted molar refractivity (Wildman–Crippen MR) is 68.2 cm³/mol. The molecular weight excluding hydrogens is 204 g/mol. The first-order valence-electron chi connectivity index (χ1n) is 5.24. The van der Waals surface area contributed by atoms with Crippen molar-refractivity contribution in [3.05, 3.63) is 49.1 Å². The van der Waals surface area contributed by atoms with Gasteiger partial charge in [-0.15, -0.1) is 0 Å². The monoisotopic (exact) mass is 226 g/mol. The number of rotatable bonds is 7. The van der Waals surface area contributed by atoms with Gasteiger partial charge in [-0.2, -0.15) is 0 Å². The molecule has 0 rings (SSSR count). The minimum atomic E-state index is -0.643. The zero-order valence-corrected chi connectivity index (χ0v) is 10.1. The molecule has 1 atom stereocenters. The van der Waals surface area contributed by atoms with Gasteiger partial charge >= 0.3 is 0 Å². The summed E-state index contributed by atoms with van der Waals surface area (Å²) < 4.78 is 0. The first-order valence-corrected chi connectivity index (χ1v) is 5.24. The summed E-state index contributed by atoms with van der Waals surface area (Å²) in [7, 11) is 0. The number of aliphatic hydroxyl groups is 1. The predicted octanol–water partition coefficient (Wildman–Crippen LogP) is 3.11. The Kier molecular flexibility index (Phi) is 12.8. The lowest BCUT2D eigenvalue weighted by Crippen LogP contribution is -2.16. The van der Waals surface area contributed by atoms with Crippen LogP contribution in [0.4, 0.5) is 0 Å². The molecule has 0 saturated heterocycles. The van der Waals surface area contributed by atoms with Gasteiger partial charge in [0, 0.05) is 6.42 Å². The second-order valence-electron chi connectivity index (χ2n) is 2.78. The van der Waals surface area contributed by atoms with Crippen LogP contribution in [0.2, 0.25) is 0 Å². The summed E-state index contributed by atoms with van der Waals surface area (Å²) in [6.07, 6.45) is 4.71. The summed E-state index contributed by atoms with van der Waals surface area (Å²) in [6.45, 7) is 14.7. The van der Waals surface area contributed by atoms with Crippen molar-refractivity contribution in [2.45, 2.75) is 26.4 Å². The average molecular weight is 226 g/mol. The Morgan fingerprint density at radius 3 is 2.25 bits per heavy atom. The third-order valence-electron chi connectivity index (χ3n) is 1.75. The van der Waals surface area contributed by atoms with Crippen LogP contribution in [0.1, 0.15) is 20.3 Å². The third-order valence-corrected chi connectivity index (χ3v) is 1.75. The average Bonchev–Trinajstić information content (AvgIpc) is 2.35. The summed E-state index contributed by atoms with van der Waals surface area (Å²) in [5, 5.41) is 17.2. The molecule has 3 heteroatoms. The van der Waals surface area contributed by atoms with Gasteiger partial charge in [-0.1, -0.05) is 51.8 Å². The molecule has 16 heavy (non-hydrogen) atoms. The topological polar surface area (TPSA) is 49.7 Å². The van der Waals surface area contributed by atoms with E-state index in [9.17, 15) is 0 Å². The largest absolute Gasteiger partial charge is 0.394 e. The van der Waals surface area contributed by atoms with E-state index in [4.69, 9.17) is 10.4 Å². The highest BCUT2D eigenvalue weighted by Gasteiger charge is 2.10. The van der Waals surface area contributed by atoms with Crippen LogP contribution in [0.15, 0.2) is 49.1 Å². The Morgan fingerprint density at radius 2 is 1.94 bits per heavy atom. The molecule has 0 amide bonds. The van der Waals surface area contributed by atoms with Crippen molar-refractivity contribution in [2.75, 3.05) is 6.61 Å². The van der Waals surface area contributed by atoms with Crippen LogP contribution in [-0.2, 0) is 4.89 Å². The Labute approximate surface area is 98.0 Å². The van der Waals surface area contributed by atoms with Crippen molar-refractivity contribution in [3.63, 3.8) is 0 Å². The van der Waals surface area contributed by atoms with Crippen LogP contribution in [-0.4, -0.2) is 23.1 Å². The lowest BCUT2D eigenvalue weighted by molar-refractivity contribution is -0.283. The van der Waals surface area contributed by atoms with E-state index in [1.807, 2.05) is 13.8 Å². The van der Waals surface area contributed by atoms with Gasteiger partial charge in [-0.3, -0.25) is 5.26 Å². The Morgan fingerprint density at radius 1 is 1.38 bits per heavy atom. The number of hydrogen-bond donors (Lipinski definition) is 2. The van der Waals surface area contributed by atoms with Crippen LogP contribution in [0.25, 0.3) is 0 Å². The van der Waals surface area contributed by atoms with E-state index in [0.717, 1.165) is 11.1 Å². The molecule has 3 nitrogen and oxygen atoms in total. The highest BCUT2D eigenvalue weighted by Crippen LogP contribution is 2.16. The number of allylic oxidation sites excluding steroid dienone is 4. The van der Waals surface area contributed by atoms with Gasteiger partial charge < -0.3 is 5.11 Å². The smallest absolute Gasteiger partial charge is 0.120 e. The lowest BCUT2D eigenvalue weighted by atomic mass is 10.0. The van der Waals surface area contributed by atoms with Crippen molar-refractivity contribution in [3.8, 4) is 0 Å². The Bertz CT molecular complexity index is 238. The van der Waals surface area contributed by atoms with Gasteiger partial charge in [0.25, 0.3) is 0 Å². The molecule has 0 spiro atoms. The maximum atomic E-state index is 8.77. The quantitative estimate of drug-likeness (QED) is 0.398. The van der Waals surface area contributed by atoms with Crippen LogP contribution < -0.4 is 0 Å². The highest BCUT2D eigenvalue weighted by atomic mass is 17.1. The standard InChI is InChI=1S/C11H16O3.C2H6/c1-4-6-10(5-2)9(3)7-11(8-12)14-13;1-2/h4-6,11-13H,1-3,7-8H2;1-2H3/b10-6+;. The van der Waals surface area contributed by atoms with E-state index < -0.39 is 6.10 Å². The fraction of sp³-hybridized carbons (Fsp3) is 0.385. The van der Waals surface area contributed by atoms with Gasteiger partial charge in [0.2, 0.25) is 0 Å². The summed E-state index contributed by atoms with van der Waals surface area (Å²) in [6, 6.07) is 0. The van der Waals surface area contributed by atoms with Gasteiger partial charge in [0.15, 0.2) is 0 Å². The SMILES string of the molecule is C=C/C=C(\C=C)C(=C)CC(CO)OO.CC. The second-order valence-corrected chi connectivity index (χ2v) is 2.78. The second kappa shape index (κ2) is 11.9. The molecule has 0 aliphatic rings. The number of aliphatic hydroxyl groups excluding tert-OH is 1. The molecule has 0 aromatic rings. The van der Waals surface area contributed by atoms with Crippen LogP contribution in [0, 0.1) is 0 Å². The van der Waals surface area contributed by atoms with E-state index in [2.05, 4.69) is 24.6 Å². The molecular formula is C13H22O3. The number of hydrogen-bond acceptors (Lipinski definition) is 3. The fourth-order valence-corrected chi connectivity index (χ4v) is 0.985. The van der Waals surface area contributed by atoms with Crippen molar-refractivity contribution in [2.24, 2.45) is 0 Å². The van der Waals surface area contributed by atoms with E-state index in [1.54, 1.807) is 18.2 Å². The zero-order chi connectivity index (χ0) is 13.0. The van der Waals surface area contributed by atoms with E-state index in [1.165, 1.54) is 0 Å². The van der Waals surface area contributed by atoms with E-state index >= 15 is 0 Å². The fourth-order valence-electron chi connectivity index (χ4n) is 0.985. The van der Waals surface area contributed by atoms with Crippen LogP contribution >= 0.6 is 0 Å². The Balaban J connectivity index is 0. The molecule has 0 aliphatic carbocycles. The molecule has 0 radical (unpaired) electrons. The molecule has 0 aromatic carbocycles. The van der Waals surface area contributed by atoms with Crippen molar-refractivity contribution in [1.29, 1.82) is 0 Å². The Hall–Kier alpha value is -1.16. The van der Waals surface area contributed by atoms with E-state index in [-0.39, 0.29) is 6.61 Å². The van der Waals surface area contributed by atoms with E-state index in [0.29, 0.717) is 6.42 Å². The zero-order valence-electron chi connectivity index (χ0n) is 10.1. The van der Waals surface area contributed by atoms with Crippen molar-refractivity contribution in [1.82, 2.24) is 0 Å². The highest BCUT2D eigenvalue weighted by molar-refractivity contribution is 5.39. The molecule has 1 unspecified atom stereocenters. The third kappa shape index (κ3) is 7.17. The van der Waals surface area contributed by atoms with Gasteiger partial charge in [0.05, 0.1) is 6.61 Å². The molecule has 0 saturated carbocycles. The lowest BCUT2D eigenvalue weighted by Gasteiger charge is -2.12.